The number of benzene rings is 3. The molecular formula is C24H18IrN3S-. The van der Waals surface area contributed by atoms with Crippen LogP contribution in [0.3, 0.4) is 0 Å². The topological polar surface area (TPSA) is 30.7 Å². The van der Waals surface area contributed by atoms with E-state index in [1.54, 1.807) is 11.3 Å². The molecule has 0 unspecified atom stereocenters. The molecule has 0 bridgehead atoms. The number of hydrogen-bond acceptors (Lipinski definition) is 3. The van der Waals surface area contributed by atoms with Crippen LogP contribution in [-0.2, 0) is 20.1 Å². The van der Waals surface area contributed by atoms with Crippen LogP contribution >= 0.6 is 11.3 Å². The van der Waals surface area contributed by atoms with Gasteiger partial charge in [-0.3, -0.25) is 9.97 Å². The van der Waals surface area contributed by atoms with Crippen molar-refractivity contribution >= 4 is 21.6 Å². The van der Waals surface area contributed by atoms with E-state index >= 15 is 0 Å². The molecule has 0 amide bonds. The van der Waals surface area contributed by atoms with Crippen molar-refractivity contribution in [1.82, 2.24) is 14.5 Å². The van der Waals surface area contributed by atoms with Crippen LogP contribution in [0, 0.1) is 19.9 Å². The van der Waals surface area contributed by atoms with Crippen LogP contribution < -0.4 is 0 Å². The standard InChI is InChI=1S/C24H18N3S.Ir/c1-16-13-19(18-7-4-3-5-8-18)14-17(2)22(16)27-12-11-25-24(27)20-9-6-10-21-23(20)28-15-26-21;/h3-8,10-15H,1-2H3;/q-1;. The first kappa shape index (κ1) is 19.7. The number of fused-ring (bicyclic) bond motifs is 1. The maximum absolute atomic E-state index is 4.67. The quantitative estimate of drug-likeness (QED) is 0.240. The predicted octanol–water partition coefficient (Wildman–Crippen LogP) is 6.23. The minimum absolute atomic E-state index is 0. The zero-order chi connectivity index (χ0) is 19.1. The fourth-order valence-corrected chi connectivity index (χ4v) is 4.58. The molecule has 0 saturated carbocycles. The number of rotatable bonds is 3. The molecule has 5 aromatic rings. The molecule has 3 aromatic carbocycles. The van der Waals surface area contributed by atoms with E-state index < -0.39 is 0 Å². The summed E-state index contributed by atoms with van der Waals surface area (Å²) in [6.45, 7) is 4.32. The molecule has 0 aliphatic rings. The molecule has 145 valence electrons. The molecule has 5 heteroatoms. The Labute approximate surface area is 187 Å². The Kier molecular flexibility index (Phi) is 5.46. The van der Waals surface area contributed by atoms with Gasteiger partial charge >= 0.3 is 0 Å². The first-order valence-corrected chi connectivity index (χ1v) is 10.0. The van der Waals surface area contributed by atoms with Crippen molar-refractivity contribution in [2.45, 2.75) is 13.8 Å². The molecule has 0 spiro atoms. The maximum atomic E-state index is 4.67. The van der Waals surface area contributed by atoms with Gasteiger partial charge in [0, 0.05) is 38.2 Å². The summed E-state index contributed by atoms with van der Waals surface area (Å²) < 4.78 is 3.29. The van der Waals surface area contributed by atoms with Gasteiger partial charge in [-0.25, -0.2) is 0 Å². The molecule has 0 fully saturated rings. The van der Waals surface area contributed by atoms with Crippen molar-refractivity contribution in [3.8, 4) is 28.2 Å². The van der Waals surface area contributed by atoms with E-state index in [0.717, 1.165) is 21.6 Å². The Hall–Kier alpha value is -2.59. The second-order valence-corrected chi connectivity index (χ2v) is 7.72. The average Bonchev–Trinajstić information content (AvgIpc) is 3.37. The third-order valence-corrected chi connectivity index (χ3v) is 5.85. The van der Waals surface area contributed by atoms with Gasteiger partial charge in [0.15, 0.2) is 0 Å². The molecule has 0 N–H and O–H groups in total. The Balaban J connectivity index is 0.00000205. The Morgan fingerprint density at radius 1 is 0.931 bits per heavy atom. The van der Waals surface area contributed by atoms with Gasteiger partial charge in [-0.2, -0.15) is 11.3 Å². The van der Waals surface area contributed by atoms with Gasteiger partial charge in [-0.05, 0) is 58.5 Å². The predicted molar refractivity (Wildman–Crippen MR) is 116 cm³/mol. The third-order valence-electron chi connectivity index (χ3n) is 4.99. The van der Waals surface area contributed by atoms with Crippen molar-refractivity contribution < 1.29 is 20.1 Å². The van der Waals surface area contributed by atoms with Crippen LogP contribution in [0.4, 0.5) is 0 Å². The van der Waals surface area contributed by atoms with Crippen LogP contribution in [0.15, 0.2) is 72.5 Å². The smallest absolute Gasteiger partial charge is 0.0692 e. The number of aromatic nitrogens is 3. The van der Waals surface area contributed by atoms with Gasteiger partial charge in [0.25, 0.3) is 0 Å². The molecule has 0 aliphatic heterocycles. The Morgan fingerprint density at radius 2 is 1.69 bits per heavy atom. The monoisotopic (exact) mass is 573 g/mol. The first-order valence-electron chi connectivity index (χ1n) is 9.17. The van der Waals surface area contributed by atoms with E-state index in [1.165, 1.54) is 27.9 Å². The van der Waals surface area contributed by atoms with E-state index in [0.29, 0.717) is 0 Å². The summed E-state index contributed by atoms with van der Waals surface area (Å²) in [7, 11) is 0. The van der Waals surface area contributed by atoms with Crippen molar-refractivity contribution in [2.24, 2.45) is 0 Å². The van der Waals surface area contributed by atoms with Crippen LogP contribution in [0.5, 0.6) is 0 Å². The van der Waals surface area contributed by atoms with Crippen LogP contribution in [-0.4, -0.2) is 14.5 Å². The van der Waals surface area contributed by atoms with Crippen molar-refractivity contribution in [2.75, 3.05) is 0 Å². The summed E-state index contributed by atoms with van der Waals surface area (Å²) in [4.78, 5) is 9.10. The van der Waals surface area contributed by atoms with Crippen molar-refractivity contribution in [1.29, 1.82) is 0 Å². The molecule has 1 radical (unpaired) electrons. The number of thiazole rings is 1. The van der Waals surface area contributed by atoms with E-state index in [9.17, 15) is 0 Å². The van der Waals surface area contributed by atoms with Gasteiger partial charge in [0.1, 0.15) is 0 Å². The van der Waals surface area contributed by atoms with E-state index in [4.69, 9.17) is 0 Å². The summed E-state index contributed by atoms with van der Waals surface area (Å²) in [5.41, 5.74) is 9.93. The zero-order valence-electron chi connectivity index (χ0n) is 16.0. The molecule has 2 aromatic heterocycles. The Morgan fingerprint density at radius 3 is 2.45 bits per heavy atom. The summed E-state index contributed by atoms with van der Waals surface area (Å²) >= 11 is 1.63. The third kappa shape index (κ3) is 3.46. The summed E-state index contributed by atoms with van der Waals surface area (Å²) in [6.07, 6.45) is 3.88. The summed E-state index contributed by atoms with van der Waals surface area (Å²) in [6, 6.07) is 22.3. The molecule has 0 aliphatic carbocycles. The van der Waals surface area contributed by atoms with Crippen molar-refractivity contribution in [3.63, 3.8) is 0 Å². The van der Waals surface area contributed by atoms with Crippen molar-refractivity contribution in [3.05, 3.63) is 89.7 Å². The molecule has 3 nitrogen and oxygen atoms in total. The summed E-state index contributed by atoms with van der Waals surface area (Å²) in [5.74, 6) is 0.897. The number of hydrogen-bond donors (Lipinski definition) is 0. The normalized spacial score (nSPS) is 10.8. The van der Waals surface area contributed by atoms with Gasteiger partial charge < -0.3 is 4.57 Å². The molecular weight excluding hydrogens is 555 g/mol. The zero-order valence-corrected chi connectivity index (χ0v) is 19.2. The van der Waals surface area contributed by atoms with Gasteiger partial charge in [-0.15, -0.1) is 18.2 Å². The second-order valence-electron chi connectivity index (χ2n) is 6.86. The van der Waals surface area contributed by atoms with Gasteiger partial charge in [-0.1, -0.05) is 35.9 Å². The van der Waals surface area contributed by atoms with E-state index in [-0.39, 0.29) is 20.1 Å². The number of imidazole rings is 1. The molecule has 2 heterocycles. The molecule has 29 heavy (non-hydrogen) atoms. The minimum atomic E-state index is 0. The first-order chi connectivity index (χ1) is 13.7. The van der Waals surface area contributed by atoms with E-state index in [1.807, 2.05) is 36.1 Å². The van der Waals surface area contributed by atoms with Crippen LogP contribution in [0.2, 0.25) is 0 Å². The Bertz CT molecular complexity index is 1260. The second kappa shape index (κ2) is 8.03. The molecule has 0 saturated heterocycles. The SMILES string of the molecule is Cc1cc(-c2ccccc2)cc(C)c1-n1ccnc1-c1[c-]ccc2ncsc12.[Ir]. The number of aryl methyl sites for hydroxylation is 2. The average molecular weight is 573 g/mol. The van der Waals surface area contributed by atoms with Crippen LogP contribution in [0.25, 0.3) is 38.4 Å². The summed E-state index contributed by atoms with van der Waals surface area (Å²) in [5, 5.41) is 0. The van der Waals surface area contributed by atoms with E-state index in [2.05, 4.69) is 70.8 Å². The number of nitrogens with zero attached hydrogens (tertiary/aromatic N) is 3. The molecule has 0 atom stereocenters. The largest absolute Gasteiger partial charge is 0.339 e. The molecule has 5 rings (SSSR count). The fourth-order valence-electron chi connectivity index (χ4n) is 3.80. The minimum Gasteiger partial charge on any atom is -0.339 e. The van der Waals surface area contributed by atoms with Crippen LogP contribution in [0.1, 0.15) is 11.1 Å². The van der Waals surface area contributed by atoms with Gasteiger partial charge in [0.05, 0.1) is 11.3 Å². The maximum Gasteiger partial charge on any atom is 0.0692 e. The van der Waals surface area contributed by atoms with Gasteiger partial charge in [0.2, 0.25) is 0 Å². The fraction of sp³-hybridized carbons (Fsp3) is 0.0833.